The van der Waals surface area contributed by atoms with Crippen LogP contribution in [0, 0.1) is 5.92 Å². The Hall–Kier alpha value is -0.770. The minimum absolute atomic E-state index is 0.411. The van der Waals surface area contributed by atoms with Gasteiger partial charge in [-0.2, -0.15) is 0 Å². The molecule has 0 aromatic rings. The first kappa shape index (κ1) is 9.32. The largest absolute Gasteiger partial charge is 0.351 e. The Labute approximate surface area is 72.9 Å². The van der Waals surface area contributed by atoms with Gasteiger partial charge < -0.3 is 5.73 Å². The van der Waals surface area contributed by atoms with Crippen LogP contribution < -0.4 is 16.6 Å². The number of carbonyl (C=O) groups excluding carboxylic acids is 1. The molecular formula is C8H17N3O. The molecule has 0 unspecified atom stereocenters. The molecule has 4 N–H and O–H groups in total. The van der Waals surface area contributed by atoms with Crippen molar-refractivity contribution >= 4 is 6.03 Å². The monoisotopic (exact) mass is 171 g/mol. The lowest BCUT2D eigenvalue weighted by Crippen LogP contribution is -2.47. The lowest BCUT2D eigenvalue weighted by Gasteiger charge is -2.26. The number of nitrogens with two attached hydrogens (primary N) is 1. The molecule has 0 aliphatic heterocycles. The fraction of sp³-hybridized carbons (Fsp3) is 0.875. The van der Waals surface area contributed by atoms with E-state index in [1.54, 1.807) is 0 Å². The van der Waals surface area contributed by atoms with Gasteiger partial charge in [0.1, 0.15) is 0 Å². The van der Waals surface area contributed by atoms with Crippen LogP contribution in [0.5, 0.6) is 0 Å². The SMILES string of the molecule is CC1CCC(NNC(N)=O)CC1. The molecule has 12 heavy (non-hydrogen) atoms. The number of rotatable bonds is 2. The van der Waals surface area contributed by atoms with Gasteiger partial charge in [-0.25, -0.2) is 10.2 Å². The second kappa shape index (κ2) is 4.30. The maximum absolute atomic E-state index is 10.4. The van der Waals surface area contributed by atoms with Crippen molar-refractivity contribution in [1.82, 2.24) is 10.9 Å². The van der Waals surface area contributed by atoms with Crippen LogP contribution in [-0.2, 0) is 0 Å². The fourth-order valence-corrected chi connectivity index (χ4v) is 1.58. The highest BCUT2D eigenvalue weighted by molar-refractivity contribution is 5.70. The Morgan fingerprint density at radius 3 is 2.42 bits per heavy atom. The average molecular weight is 171 g/mol. The van der Waals surface area contributed by atoms with E-state index in [-0.39, 0.29) is 0 Å². The lowest BCUT2D eigenvalue weighted by molar-refractivity contribution is 0.234. The van der Waals surface area contributed by atoms with E-state index in [1.165, 1.54) is 12.8 Å². The van der Waals surface area contributed by atoms with Crippen LogP contribution >= 0.6 is 0 Å². The number of hydrazine groups is 1. The van der Waals surface area contributed by atoms with Crippen LogP contribution in [-0.4, -0.2) is 12.1 Å². The molecule has 0 heterocycles. The molecular weight excluding hydrogens is 154 g/mol. The van der Waals surface area contributed by atoms with Crippen LogP contribution in [0.15, 0.2) is 0 Å². The Morgan fingerprint density at radius 2 is 1.92 bits per heavy atom. The normalized spacial score (nSPS) is 29.8. The molecule has 1 saturated carbocycles. The van der Waals surface area contributed by atoms with Crippen LogP contribution in [0.3, 0.4) is 0 Å². The molecule has 70 valence electrons. The van der Waals surface area contributed by atoms with E-state index in [4.69, 9.17) is 5.73 Å². The van der Waals surface area contributed by atoms with E-state index in [0.717, 1.165) is 18.8 Å². The molecule has 0 aromatic heterocycles. The van der Waals surface area contributed by atoms with E-state index >= 15 is 0 Å². The van der Waals surface area contributed by atoms with Gasteiger partial charge in [0.05, 0.1) is 0 Å². The zero-order valence-electron chi connectivity index (χ0n) is 7.47. The van der Waals surface area contributed by atoms with E-state index in [1.807, 2.05) is 0 Å². The molecule has 0 spiro atoms. The maximum Gasteiger partial charge on any atom is 0.326 e. The highest BCUT2D eigenvalue weighted by atomic mass is 16.2. The third kappa shape index (κ3) is 3.09. The van der Waals surface area contributed by atoms with E-state index in [2.05, 4.69) is 17.8 Å². The fourth-order valence-electron chi connectivity index (χ4n) is 1.58. The van der Waals surface area contributed by atoms with Gasteiger partial charge in [-0.3, -0.25) is 5.43 Å². The summed E-state index contributed by atoms with van der Waals surface area (Å²) in [7, 11) is 0. The van der Waals surface area contributed by atoms with Gasteiger partial charge >= 0.3 is 6.03 Å². The van der Waals surface area contributed by atoms with Crippen molar-refractivity contribution in [3.05, 3.63) is 0 Å². The highest BCUT2D eigenvalue weighted by Gasteiger charge is 2.17. The summed E-state index contributed by atoms with van der Waals surface area (Å²) in [6, 6.07) is -0.0951. The van der Waals surface area contributed by atoms with E-state index < -0.39 is 6.03 Å². The summed E-state index contributed by atoms with van der Waals surface area (Å²) in [4.78, 5) is 10.4. The molecule has 1 aliphatic carbocycles. The molecule has 1 fully saturated rings. The number of hydrogen-bond donors (Lipinski definition) is 3. The summed E-state index contributed by atoms with van der Waals surface area (Å²) < 4.78 is 0. The van der Waals surface area contributed by atoms with Crippen molar-refractivity contribution in [1.29, 1.82) is 0 Å². The number of primary amides is 1. The molecule has 1 rings (SSSR count). The summed E-state index contributed by atoms with van der Waals surface area (Å²) in [5, 5.41) is 0. The number of carbonyl (C=O) groups is 1. The van der Waals surface area contributed by atoms with Crippen molar-refractivity contribution in [3.63, 3.8) is 0 Å². The Balaban J connectivity index is 2.13. The van der Waals surface area contributed by atoms with Gasteiger partial charge in [0.25, 0.3) is 0 Å². The Morgan fingerprint density at radius 1 is 1.33 bits per heavy atom. The predicted molar refractivity (Wildman–Crippen MR) is 47.3 cm³/mol. The van der Waals surface area contributed by atoms with Gasteiger partial charge in [0, 0.05) is 6.04 Å². The second-order valence-corrected chi connectivity index (χ2v) is 3.59. The Kier molecular flexibility index (Phi) is 3.34. The number of nitrogens with one attached hydrogen (secondary N) is 2. The van der Waals surface area contributed by atoms with Crippen LogP contribution in [0.4, 0.5) is 4.79 Å². The van der Waals surface area contributed by atoms with Gasteiger partial charge in [0.2, 0.25) is 0 Å². The second-order valence-electron chi connectivity index (χ2n) is 3.59. The number of amides is 2. The quantitative estimate of drug-likeness (QED) is 0.536. The van der Waals surface area contributed by atoms with E-state index in [9.17, 15) is 4.79 Å². The topological polar surface area (TPSA) is 67.2 Å². The Bertz CT molecular complexity index is 152. The van der Waals surface area contributed by atoms with Crippen LogP contribution in [0.2, 0.25) is 0 Å². The van der Waals surface area contributed by atoms with Crippen LogP contribution in [0.25, 0.3) is 0 Å². The molecule has 4 heteroatoms. The summed E-state index contributed by atoms with van der Waals surface area (Å²) in [5.41, 5.74) is 10.3. The summed E-state index contributed by atoms with van der Waals surface area (Å²) in [5.74, 6) is 0.830. The van der Waals surface area contributed by atoms with Gasteiger partial charge in [0.15, 0.2) is 0 Å². The first-order chi connectivity index (χ1) is 5.68. The first-order valence-corrected chi connectivity index (χ1v) is 4.49. The molecule has 0 bridgehead atoms. The molecule has 4 nitrogen and oxygen atoms in total. The third-order valence-corrected chi connectivity index (χ3v) is 2.42. The predicted octanol–water partition coefficient (Wildman–Crippen LogP) is 0.738. The van der Waals surface area contributed by atoms with Gasteiger partial charge in [-0.05, 0) is 31.6 Å². The first-order valence-electron chi connectivity index (χ1n) is 4.49. The molecule has 0 aromatic carbocycles. The number of hydrogen-bond acceptors (Lipinski definition) is 2. The van der Waals surface area contributed by atoms with Crippen molar-refractivity contribution < 1.29 is 4.79 Å². The zero-order chi connectivity index (χ0) is 8.97. The van der Waals surface area contributed by atoms with Gasteiger partial charge in [-0.15, -0.1) is 0 Å². The molecule has 2 amide bonds. The van der Waals surface area contributed by atoms with Crippen molar-refractivity contribution in [2.24, 2.45) is 11.7 Å². The van der Waals surface area contributed by atoms with Crippen molar-refractivity contribution in [3.8, 4) is 0 Å². The third-order valence-electron chi connectivity index (χ3n) is 2.42. The van der Waals surface area contributed by atoms with Crippen molar-refractivity contribution in [2.75, 3.05) is 0 Å². The van der Waals surface area contributed by atoms with Crippen molar-refractivity contribution in [2.45, 2.75) is 38.6 Å². The zero-order valence-corrected chi connectivity index (χ0v) is 7.47. The smallest absolute Gasteiger partial charge is 0.326 e. The molecule has 0 atom stereocenters. The summed E-state index contributed by atoms with van der Waals surface area (Å²) in [6.07, 6.45) is 4.72. The van der Waals surface area contributed by atoms with Gasteiger partial charge in [-0.1, -0.05) is 6.92 Å². The molecule has 0 saturated heterocycles. The standard InChI is InChI=1S/C8H17N3O/c1-6-2-4-7(5-3-6)10-11-8(9)12/h6-7,10H,2-5H2,1H3,(H3,9,11,12). The maximum atomic E-state index is 10.4. The summed E-state index contributed by atoms with van der Waals surface area (Å²) in [6.45, 7) is 2.26. The van der Waals surface area contributed by atoms with Crippen LogP contribution in [0.1, 0.15) is 32.6 Å². The molecule has 0 radical (unpaired) electrons. The van der Waals surface area contributed by atoms with E-state index in [0.29, 0.717) is 6.04 Å². The highest BCUT2D eigenvalue weighted by Crippen LogP contribution is 2.22. The summed E-state index contributed by atoms with van der Waals surface area (Å²) >= 11 is 0. The number of urea groups is 1. The molecule has 1 aliphatic rings. The average Bonchev–Trinajstić information content (AvgIpc) is 2.03. The minimum atomic E-state index is -0.506. The lowest BCUT2D eigenvalue weighted by atomic mass is 9.88. The minimum Gasteiger partial charge on any atom is -0.351 e.